The standard InChI is InChI=1S/C19H25NO3S2/c1-14(2)25(21,22)23-19-7-3-5-15-13-16(8-9-18(15)19)20-11-10-17-6-4-12-24-17/h3-7,12,14,16,20H,8-11,13H2,1-2H3/t16-/m1/s1. The Morgan fingerprint density at radius 3 is 2.84 bits per heavy atom. The average molecular weight is 380 g/mol. The maximum Gasteiger partial charge on any atom is 0.311 e. The van der Waals surface area contributed by atoms with Crippen LogP contribution in [0.2, 0.25) is 0 Å². The number of hydrogen-bond acceptors (Lipinski definition) is 5. The quantitative estimate of drug-likeness (QED) is 0.748. The van der Waals surface area contributed by atoms with Crippen molar-refractivity contribution in [1.82, 2.24) is 5.32 Å². The summed E-state index contributed by atoms with van der Waals surface area (Å²) in [5.74, 6) is 0.503. The van der Waals surface area contributed by atoms with Gasteiger partial charge in [0.15, 0.2) is 0 Å². The third-order valence-electron chi connectivity index (χ3n) is 4.61. The van der Waals surface area contributed by atoms with Crippen molar-refractivity contribution in [3.8, 4) is 5.75 Å². The summed E-state index contributed by atoms with van der Waals surface area (Å²) in [7, 11) is -3.55. The molecular formula is C19H25NO3S2. The predicted octanol–water partition coefficient (Wildman–Crippen LogP) is 3.55. The lowest BCUT2D eigenvalue weighted by Crippen LogP contribution is -2.36. The van der Waals surface area contributed by atoms with Crippen LogP contribution in [0, 0.1) is 0 Å². The van der Waals surface area contributed by atoms with Gasteiger partial charge in [0.05, 0.1) is 5.25 Å². The highest BCUT2D eigenvalue weighted by Gasteiger charge is 2.25. The van der Waals surface area contributed by atoms with Gasteiger partial charge in [-0.2, -0.15) is 8.42 Å². The largest absolute Gasteiger partial charge is 0.382 e. The molecule has 0 amide bonds. The number of hydrogen-bond donors (Lipinski definition) is 1. The van der Waals surface area contributed by atoms with Crippen LogP contribution in [0.1, 0.15) is 36.3 Å². The van der Waals surface area contributed by atoms with E-state index in [0.29, 0.717) is 11.8 Å². The highest BCUT2D eigenvalue weighted by molar-refractivity contribution is 7.87. The second-order valence-electron chi connectivity index (χ2n) is 6.74. The van der Waals surface area contributed by atoms with E-state index < -0.39 is 15.4 Å². The maximum atomic E-state index is 12.1. The third-order valence-corrected chi connectivity index (χ3v) is 7.11. The summed E-state index contributed by atoms with van der Waals surface area (Å²) in [5, 5.41) is 5.20. The first-order valence-electron chi connectivity index (χ1n) is 8.75. The SMILES string of the molecule is CC(C)S(=O)(=O)Oc1cccc2c1CC[C@@H](NCCc1cccs1)C2. The molecular weight excluding hydrogens is 354 g/mol. The molecule has 0 bridgehead atoms. The van der Waals surface area contributed by atoms with E-state index in [-0.39, 0.29) is 0 Å². The van der Waals surface area contributed by atoms with Crippen molar-refractivity contribution in [3.05, 3.63) is 51.7 Å². The number of benzene rings is 1. The van der Waals surface area contributed by atoms with Crippen molar-refractivity contribution < 1.29 is 12.6 Å². The number of thiophene rings is 1. The molecule has 0 fully saturated rings. The normalized spacial score (nSPS) is 17.5. The summed E-state index contributed by atoms with van der Waals surface area (Å²) >= 11 is 1.79. The van der Waals surface area contributed by atoms with Gasteiger partial charge in [-0.3, -0.25) is 0 Å². The van der Waals surface area contributed by atoms with Crippen molar-refractivity contribution in [1.29, 1.82) is 0 Å². The molecule has 1 aromatic carbocycles. The van der Waals surface area contributed by atoms with Crippen LogP contribution in [0.25, 0.3) is 0 Å². The lowest BCUT2D eigenvalue weighted by Gasteiger charge is -2.27. The lowest BCUT2D eigenvalue weighted by molar-refractivity contribution is 0.445. The van der Waals surface area contributed by atoms with Gasteiger partial charge in [0.2, 0.25) is 0 Å². The Kier molecular flexibility index (Phi) is 5.81. The molecule has 0 spiro atoms. The van der Waals surface area contributed by atoms with E-state index in [4.69, 9.17) is 4.18 Å². The fraction of sp³-hybridized carbons (Fsp3) is 0.474. The maximum absolute atomic E-state index is 12.1. The molecule has 1 aromatic heterocycles. The van der Waals surface area contributed by atoms with Crippen molar-refractivity contribution >= 4 is 21.5 Å². The summed E-state index contributed by atoms with van der Waals surface area (Å²) in [6.45, 7) is 4.25. The third kappa shape index (κ3) is 4.63. The van der Waals surface area contributed by atoms with Gasteiger partial charge >= 0.3 is 10.1 Å². The Morgan fingerprint density at radius 1 is 1.28 bits per heavy atom. The van der Waals surface area contributed by atoms with Gasteiger partial charge in [-0.25, -0.2) is 0 Å². The summed E-state index contributed by atoms with van der Waals surface area (Å²) in [5.41, 5.74) is 2.24. The van der Waals surface area contributed by atoms with Crippen LogP contribution >= 0.6 is 11.3 Å². The molecule has 0 aliphatic heterocycles. The van der Waals surface area contributed by atoms with Gasteiger partial charge in [-0.15, -0.1) is 11.3 Å². The number of nitrogens with one attached hydrogen (secondary N) is 1. The topological polar surface area (TPSA) is 55.4 Å². The summed E-state index contributed by atoms with van der Waals surface area (Å²) < 4.78 is 29.5. The molecule has 4 nitrogen and oxygen atoms in total. The molecule has 0 unspecified atom stereocenters. The Morgan fingerprint density at radius 2 is 2.12 bits per heavy atom. The minimum absolute atomic E-state index is 0.435. The van der Waals surface area contributed by atoms with E-state index >= 15 is 0 Å². The van der Waals surface area contributed by atoms with Crippen LogP contribution in [-0.2, 0) is 29.4 Å². The van der Waals surface area contributed by atoms with Crippen LogP contribution in [0.4, 0.5) is 0 Å². The molecule has 1 atom stereocenters. The first-order chi connectivity index (χ1) is 12.0. The van der Waals surface area contributed by atoms with Crippen molar-refractivity contribution in [2.45, 2.75) is 50.8 Å². The molecule has 1 aliphatic rings. The Labute approximate surface area is 154 Å². The number of rotatable bonds is 7. The molecule has 6 heteroatoms. The van der Waals surface area contributed by atoms with Gasteiger partial charge < -0.3 is 9.50 Å². The van der Waals surface area contributed by atoms with Gasteiger partial charge in [-0.1, -0.05) is 18.2 Å². The number of fused-ring (bicyclic) bond motifs is 1. The second kappa shape index (κ2) is 7.89. The van der Waals surface area contributed by atoms with Gasteiger partial charge in [0.1, 0.15) is 5.75 Å². The van der Waals surface area contributed by atoms with Crippen molar-refractivity contribution in [2.75, 3.05) is 6.54 Å². The molecule has 1 heterocycles. The van der Waals surface area contributed by atoms with Crippen LogP contribution in [0.15, 0.2) is 35.7 Å². The van der Waals surface area contributed by atoms with Gasteiger partial charge in [0.25, 0.3) is 0 Å². The predicted molar refractivity (Wildman–Crippen MR) is 103 cm³/mol. The smallest absolute Gasteiger partial charge is 0.311 e. The fourth-order valence-electron chi connectivity index (χ4n) is 3.10. The van der Waals surface area contributed by atoms with E-state index in [1.54, 1.807) is 31.3 Å². The Hall–Kier alpha value is -1.37. The zero-order valence-electron chi connectivity index (χ0n) is 14.7. The van der Waals surface area contributed by atoms with Gasteiger partial charge in [-0.05, 0) is 68.2 Å². The molecule has 1 aliphatic carbocycles. The van der Waals surface area contributed by atoms with Crippen molar-refractivity contribution in [2.24, 2.45) is 0 Å². The first-order valence-corrected chi connectivity index (χ1v) is 11.1. The van der Waals surface area contributed by atoms with Gasteiger partial charge in [0, 0.05) is 17.5 Å². The fourth-order valence-corrected chi connectivity index (χ4v) is 4.41. The summed E-state index contributed by atoms with van der Waals surface area (Å²) in [4.78, 5) is 1.40. The van der Waals surface area contributed by atoms with Crippen molar-refractivity contribution in [3.63, 3.8) is 0 Å². The highest BCUT2D eigenvalue weighted by Crippen LogP contribution is 2.31. The Bertz CT molecular complexity index is 798. The zero-order valence-corrected chi connectivity index (χ0v) is 16.3. The van der Waals surface area contributed by atoms with Crippen LogP contribution in [0.5, 0.6) is 5.75 Å². The molecule has 0 saturated carbocycles. The summed E-state index contributed by atoms with van der Waals surface area (Å²) in [6.07, 6.45) is 3.81. The Balaban J connectivity index is 1.63. The average Bonchev–Trinajstić information content (AvgIpc) is 3.08. The molecule has 25 heavy (non-hydrogen) atoms. The van der Waals surface area contributed by atoms with Crippen LogP contribution in [-0.4, -0.2) is 26.3 Å². The molecule has 0 saturated heterocycles. The molecule has 136 valence electrons. The van der Waals surface area contributed by atoms with E-state index in [9.17, 15) is 8.42 Å². The van der Waals surface area contributed by atoms with Crippen LogP contribution < -0.4 is 9.50 Å². The minimum atomic E-state index is -3.55. The minimum Gasteiger partial charge on any atom is -0.382 e. The van der Waals surface area contributed by atoms with E-state index in [0.717, 1.165) is 37.8 Å². The highest BCUT2D eigenvalue weighted by atomic mass is 32.2. The van der Waals surface area contributed by atoms with E-state index in [1.807, 2.05) is 6.07 Å². The molecule has 2 aromatic rings. The molecule has 0 radical (unpaired) electrons. The second-order valence-corrected chi connectivity index (χ2v) is 9.87. The summed E-state index contributed by atoms with van der Waals surface area (Å²) in [6, 6.07) is 10.4. The monoisotopic (exact) mass is 379 g/mol. The van der Waals surface area contributed by atoms with E-state index in [1.165, 1.54) is 10.4 Å². The zero-order chi connectivity index (χ0) is 17.9. The molecule has 1 N–H and O–H groups in total. The van der Waals surface area contributed by atoms with Crippen LogP contribution in [0.3, 0.4) is 0 Å². The first kappa shape index (κ1) is 18.4. The van der Waals surface area contributed by atoms with E-state index in [2.05, 4.69) is 28.9 Å². The lowest BCUT2D eigenvalue weighted by atomic mass is 9.87. The molecule has 3 rings (SSSR count).